The van der Waals surface area contributed by atoms with E-state index in [-0.39, 0.29) is 5.56 Å². The van der Waals surface area contributed by atoms with Crippen LogP contribution in [0.15, 0.2) is 22.4 Å². The molecule has 21 heavy (non-hydrogen) atoms. The summed E-state index contributed by atoms with van der Waals surface area (Å²) in [6, 6.07) is 2.60. The van der Waals surface area contributed by atoms with Gasteiger partial charge in [-0.3, -0.25) is 14.1 Å². The van der Waals surface area contributed by atoms with Gasteiger partial charge in [0.15, 0.2) is 4.96 Å². The molecule has 0 spiro atoms. The Labute approximate surface area is 128 Å². The zero-order chi connectivity index (χ0) is 14.8. The first-order valence-electron chi connectivity index (χ1n) is 7.62. The van der Waals surface area contributed by atoms with Crippen LogP contribution in [0, 0.1) is 0 Å². The molecule has 0 radical (unpaired) electrons. The second-order valence-corrected chi connectivity index (χ2v) is 6.65. The standard InChI is InChI=1S/C15H22N4OS/c1-2-18(13-5-3-11(16)4-6-13)10-12-9-14(20)19-7-8-21-15(19)17-12/h7-9,11,13H,2-6,10,16H2,1H3. The molecule has 2 aromatic rings. The largest absolute Gasteiger partial charge is 0.328 e. The minimum absolute atomic E-state index is 0.0120. The Morgan fingerprint density at radius 1 is 1.43 bits per heavy atom. The first-order valence-corrected chi connectivity index (χ1v) is 8.50. The minimum atomic E-state index is 0.0120. The maximum absolute atomic E-state index is 12.0. The van der Waals surface area contributed by atoms with E-state index in [0.29, 0.717) is 12.1 Å². The lowest BCUT2D eigenvalue weighted by atomic mass is 9.90. The number of thiazole rings is 1. The number of nitrogens with zero attached hydrogens (tertiary/aromatic N) is 3. The molecule has 0 bridgehead atoms. The summed E-state index contributed by atoms with van der Waals surface area (Å²) in [5, 5.41) is 1.90. The van der Waals surface area contributed by atoms with E-state index in [9.17, 15) is 4.79 Å². The molecule has 1 aliphatic rings. The Bertz CT molecular complexity index is 657. The van der Waals surface area contributed by atoms with Crippen molar-refractivity contribution in [3.8, 4) is 0 Å². The lowest BCUT2D eigenvalue weighted by Crippen LogP contribution is -2.40. The lowest BCUT2D eigenvalue weighted by Gasteiger charge is -2.35. The quantitative estimate of drug-likeness (QED) is 0.936. The van der Waals surface area contributed by atoms with Gasteiger partial charge in [0.2, 0.25) is 0 Å². The summed E-state index contributed by atoms with van der Waals surface area (Å²) < 4.78 is 1.60. The molecule has 0 amide bonds. The summed E-state index contributed by atoms with van der Waals surface area (Å²) in [6.07, 6.45) is 6.27. The molecule has 2 heterocycles. The van der Waals surface area contributed by atoms with Gasteiger partial charge in [0.25, 0.3) is 5.56 Å². The molecule has 1 saturated carbocycles. The fourth-order valence-electron chi connectivity index (χ4n) is 3.14. The molecule has 2 N–H and O–H groups in total. The molecule has 0 aromatic carbocycles. The molecule has 0 unspecified atom stereocenters. The average molecular weight is 306 g/mol. The molecule has 2 aromatic heterocycles. The van der Waals surface area contributed by atoms with E-state index in [4.69, 9.17) is 5.73 Å². The van der Waals surface area contributed by atoms with Crippen molar-refractivity contribution in [3.63, 3.8) is 0 Å². The van der Waals surface area contributed by atoms with Crippen LogP contribution in [0.3, 0.4) is 0 Å². The van der Waals surface area contributed by atoms with Crippen molar-refractivity contribution in [2.75, 3.05) is 6.54 Å². The highest BCUT2D eigenvalue weighted by Crippen LogP contribution is 2.23. The molecule has 0 saturated heterocycles. The second-order valence-electron chi connectivity index (χ2n) is 5.77. The van der Waals surface area contributed by atoms with Gasteiger partial charge in [-0.1, -0.05) is 6.92 Å². The summed E-state index contributed by atoms with van der Waals surface area (Å²) in [4.78, 5) is 19.9. The SMILES string of the molecule is CCN(Cc1cc(=O)n2ccsc2n1)C1CCC(N)CC1. The number of rotatable bonds is 4. The first kappa shape index (κ1) is 14.7. The van der Waals surface area contributed by atoms with E-state index in [1.54, 1.807) is 16.7 Å². The van der Waals surface area contributed by atoms with Crippen LogP contribution >= 0.6 is 11.3 Å². The number of nitrogens with two attached hydrogens (primary N) is 1. The average Bonchev–Trinajstić information content (AvgIpc) is 2.95. The number of hydrogen-bond donors (Lipinski definition) is 1. The van der Waals surface area contributed by atoms with E-state index in [2.05, 4.69) is 16.8 Å². The Hall–Kier alpha value is -1.24. The fourth-order valence-corrected chi connectivity index (χ4v) is 3.88. The predicted molar refractivity (Wildman–Crippen MR) is 85.7 cm³/mol. The van der Waals surface area contributed by atoms with Gasteiger partial charge in [-0.15, -0.1) is 11.3 Å². The van der Waals surface area contributed by atoms with Crippen molar-refractivity contribution in [2.24, 2.45) is 5.73 Å². The summed E-state index contributed by atoms with van der Waals surface area (Å²) in [5.41, 5.74) is 6.87. The molecule has 114 valence electrons. The van der Waals surface area contributed by atoms with Crippen molar-refractivity contribution < 1.29 is 0 Å². The van der Waals surface area contributed by atoms with Gasteiger partial charge in [0.1, 0.15) is 0 Å². The molecule has 1 aliphatic carbocycles. The van der Waals surface area contributed by atoms with E-state index in [0.717, 1.165) is 49.4 Å². The summed E-state index contributed by atoms with van der Waals surface area (Å²) in [6.45, 7) is 3.90. The van der Waals surface area contributed by atoms with Crippen LogP contribution in [0.1, 0.15) is 38.3 Å². The van der Waals surface area contributed by atoms with Crippen LogP contribution in [0.4, 0.5) is 0 Å². The van der Waals surface area contributed by atoms with Crippen molar-refractivity contribution in [1.29, 1.82) is 0 Å². The van der Waals surface area contributed by atoms with E-state index < -0.39 is 0 Å². The van der Waals surface area contributed by atoms with E-state index in [1.807, 2.05) is 5.38 Å². The monoisotopic (exact) mass is 306 g/mol. The molecule has 1 fully saturated rings. The first-order chi connectivity index (χ1) is 10.2. The highest BCUT2D eigenvalue weighted by atomic mass is 32.1. The maximum atomic E-state index is 12.0. The Balaban J connectivity index is 1.77. The zero-order valence-electron chi connectivity index (χ0n) is 12.4. The molecule has 0 atom stereocenters. The minimum Gasteiger partial charge on any atom is -0.328 e. The summed E-state index contributed by atoms with van der Waals surface area (Å²) in [5.74, 6) is 0. The topological polar surface area (TPSA) is 63.6 Å². The van der Waals surface area contributed by atoms with Crippen molar-refractivity contribution in [3.05, 3.63) is 33.7 Å². The normalized spacial score (nSPS) is 23.0. The number of hydrogen-bond acceptors (Lipinski definition) is 5. The van der Waals surface area contributed by atoms with Crippen LogP contribution in [0.5, 0.6) is 0 Å². The molecule has 6 heteroatoms. The van der Waals surface area contributed by atoms with Crippen molar-refractivity contribution in [2.45, 2.75) is 51.2 Å². The van der Waals surface area contributed by atoms with Crippen LogP contribution < -0.4 is 11.3 Å². The van der Waals surface area contributed by atoms with Gasteiger partial charge in [0, 0.05) is 36.3 Å². The predicted octanol–water partition coefficient (Wildman–Crippen LogP) is 1.85. The molecule has 0 aliphatic heterocycles. The Morgan fingerprint density at radius 3 is 2.90 bits per heavy atom. The van der Waals surface area contributed by atoms with Crippen molar-refractivity contribution >= 4 is 16.3 Å². The lowest BCUT2D eigenvalue weighted by molar-refractivity contribution is 0.148. The third-order valence-corrected chi connectivity index (χ3v) is 5.14. The van der Waals surface area contributed by atoms with E-state index in [1.165, 1.54) is 11.3 Å². The van der Waals surface area contributed by atoms with Crippen LogP contribution in [-0.4, -0.2) is 32.9 Å². The highest BCUT2D eigenvalue weighted by Gasteiger charge is 2.23. The van der Waals surface area contributed by atoms with Crippen molar-refractivity contribution in [1.82, 2.24) is 14.3 Å². The Morgan fingerprint density at radius 2 is 2.19 bits per heavy atom. The highest BCUT2D eigenvalue weighted by molar-refractivity contribution is 7.15. The van der Waals surface area contributed by atoms with Gasteiger partial charge in [-0.25, -0.2) is 4.98 Å². The number of fused-ring (bicyclic) bond motifs is 1. The summed E-state index contributed by atoms with van der Waals surface area (Å²) >= 11 is 1.50. The smallest absolute Gasteiger partial charge is 0.258 e. The second kappa shape index (κ2) is 6.25. The molecular weight excluding hydrogens is 284 g/mol. The van der Waals surface area contributed by atoms with Crippen LogP contribution in [0.25, 0.3) is 4.96 Å². The maximum Gasteiger partial charge on any atom is 0.258 e. The van der Waals surface area contributed by atoms with Gasteiger partial charge in [-0.05, 0) is 32.2 Å². The number of aromatic nitrogens is 2. The van der Waals surface area contributed by atoms with E-state index >= 15 is 0 Å². The third-order valence-electron chi connectivity index (χ3n) is 4.39. The van der Waals surface area contributed by atoms with Gasteiger partial charge in [-0.2, -0.15) is 0 Å². The molecular formula is C15H22N4OS. The van der Waals surface area contributed by atoms with Crippen LogP contribution in [0.2, 0.25) is 0 Å². The van der Waals surface area contributed by atoms with Gasteiger partial charge < -0.3 is 5.73 Å². The third kappa shape index (κ3) is 3.17. The van der Waals surface area contributed by atoms with Gasteiger partial charge >= 0.3 is 0 Å². The Kier molecular flexibility index (Phi) is 4.37. The molecule has 5 nitrogen and oxygen atoms in total. The zero-order valence-corrected chi connectivity index (χ0v) is 13.2. The molecule has 3 rings (SSSR count). The van der Waals surface area contributed by atoms with Crippen LogP contribution in [-0.2, 0) is 6.54 Å². The fraction of sp³-hybridized carbons (Fsp3) is 0.600. The summed E-state index contributed by atoms with van der Waals surface area (Å²) in [7, 11) is 0. The van der Waals surface area contributed by atoms with Gasteiger partial charge in [0.05, 0.1) is 5.69 Å².